The average Bonchev–Trinajstić information content (AvgIpc) is 2.65. The molecule has 0 atom stereocenters. The second-order valence-electron chi connectivity index (χ2n) is 3.98. The summed E-state index contributed by atoms with van der Waals surface area (Å²) in [5, 5.41) is 0. The molecule has 2 rings (SSSR count). The van der Waals surface area contributed by atoms with E-state index in [-0.39, 0.29) is 5.76 Å². The molecule has 1 aliphatic heterocycles. The summed E-state index contributed by atoms with van der Waals surface area (Å²) in [7, 11) is 0. The third kappa shape index (κ3) is 3.29. The first-order chi connectivity index (χ1) is 8.29. The first-order valence-electron chi connectivity index (χ1n) is 5.69. The van der Waals surface area contributed by atoms with Crippen LogP contribution in [0.25, 0.3) is 0 Å². The van der Waals surface area contributed by atoms with Crippen LogP contribution in [0.2, 0.25) is 0 Å². The lowest BCUT2D eigenvalue weighted by Gasteiger charge is -2.16. The number of hydrogen-bond donors (Lipinski definition) is 2. The van der Waals surface area contributed by atoms with Crippen LogP contribution in [0.5, 0.6) is 0 Å². The van der Waals surface area contributed by atoms with Gasteiger partial charge in [-0.1, -0.05) is 0 Å². The molecule has 0 spiro atoms. The third-order valence-electron chi connectivity index (χ3n) is 2.71. The standard InChI is InChI=1S/C11H17N3O3/c12-13-11(15)10-3-2-9(17-10)8-14-4-1-6-16-7-5-14/h2-3H,1,4-8,12H2,(H,13,15). The second kappa shape index (κ2) is 5.81. The monoisotopic (exact) mass is 239 g/mol. The van der Waals surface area contributed by atoms with Crippen molar-refractivity contribution in [3.63, 3.8) is 0 Å². The maximum absolute atomic E-state index is 11.2. The fraction of sp³-hybridized carbons (Fsp3) is 0.545. The molecule has 6 heteroatoms. The van der Waals surface area contributed by atoms with Crippen molar-refractivity contribution in [3.8, 4) is 0 Å². The normalized spacial score (nSPS) is 17.7. The summed E-state index contributed by atoms with van der Waals surface area (Å²) in [5.41, 5.74) is 2.04. The minimum atomic E-state index is -0.407. The van der Waals surface area contributed by atoms with Gasteiger partial charge in [-0.3, -0.25) is 15.1 Å². The Kier molecular flexibility index (Phi) is 4.13. The number of nitrogens with two attached hydrogens (primary N) is 1. The van der Waals surface area contributed by atoms with E-state index in [0.717, 1.165) is 38.5 Å². The van der Waals surface area contributed by atoms with Gasteiger partial charge in [0.05, 0.1) is 13.2 Å². The molecule has 0 unspecified atom stereocenters. The molecule has 1 fully saturated rings. The second-order valence-corrected chi connectivity index (χ2v) is 3.98. The smallest absolute Gasteiger partial charge is 0.300 e. The van der Waals surface area contributed by atoms with Crippen LogP contribution in [-0.2, 0) is 11.3 Å². The summed E-state index contributed by atoms with van der Waals surface area (Å²) in [6, 6.07) is 3.43. The highest BCUT2D eigenvalue weighted by molar-refractivity contribution is 5.90. The number of nitrogens with zero attached hydrogens (tertiary/aromatic N) is 1. The van der Waals surface area contributed by atoms with Crippen LogP contribution >= 0.6 is 0 Å². The molecule has 1 saturated heterocycles. The topological polar surface area (TPSA) is 80.7 Å². The van der Waals surface area contributed by atoms with E-state index in [0.29, 0.717) is 6.54 Å². The number of amides is 1. The summed E-state index contributed by atoms with van der Waals surface area (Å²) < 4.78 is 10.8. The fourth-order valence-corrected chi connectivity index (χ4v) is 1.83. The highest BCUT2D eigenvalue weighted by Crippen LogP contribution is 2.11. The number of hydrazine groups is 1. The van der Waals surface area contributed by atoms with Crippen molar-refractivity contribution in [2.24, 2.45) is 5.84 Å². The Labute approximate surface area is 99.7 Å². The number of hydrogen-bond acceptors (Lipinski definition) is 5. The van der Waals surface area contributed by atoms with Crippen molar-refractivity contribution in [3.05, 3.63) is 23.7 Å². The summed E-state index contributed by atoms with van der Waals surface area (Å²) in [6.07, 6.45) is 1.02. The van der Waals surface area contributed by atoms with Crippen LogP contribution in [0.3, 0.4) is 0 Å². The van der Waals surface area contributed by atoms with Crippen LogP contribution < -0.4 is 11.3 Å². The molecule has 1 aromatic heterocycles. The molecule has 0 bridgehead atoms. The van der Waals surface area contributed by atoms with E-state index in [1.165, 1.54) is 0 Å². The zero-order valence-corrected chi connectivity index (χ0v) is 9.65. The van der Waals surface area contributed by atoms with E-state index in [1.807, 2.05) is 5.43 Å². The summed E-state index contributed by atoms with van der Waals surface area (Å²) >= 11 is 0. The van der Waals surface area contributed by atoms with Gasteiger partial charge in [-0.25, -0.2) is 5.84 Å². The molecule has 1 amide bonds. The Balaban J connectivity index is 1.93. The number of furan rings is 1. The lowest BCUT2D eigenvalue weighted by atomic mass is 10.3. The van der Waals surface area contributed by atoms with Gasteiger partial charge >= 0.3 is 5.91 Å². The summed E-state index contributed by atoms with van der Waals surface area (Å²) in [4.78, 5) is 13.5. The minimum absolute atomic E-state index is 0.244. The molecule has 1 aromatic rings. The van der Waals surface area contributed by atoms with Crippen LogP contribution in [0.15, 0.2) is 16.5 Å². The number of nitrogen functional groups attached to an aromatic ring is 1. The van der Waals surface area contributed by atoms with Crippen molar-refractivity contribution in [2.75, 3.05) is 26.3 Å². The zero-order chi connectivity index (χ0) is 12.1. The zero-order valence-electron chi connectivity index (χ0n) is 9.65. The van der Waals surface area contributed by atoms with Crippen molar-refractivity contribution in [1.82, 2.24) is 10.3 Å². The number of rotatable bonds is 3. The van der Waals surface area contributed by atoms with Gasteiger partial charge in [0.25, 0.3) is 0 Å². The van der Waals surface area contributed by atoms with E-state index in [9.17, 15) is 4.79 Å². The molecule has 0 aliphatic carbocycles. The molecule has 0 radical (unpaired) electrons. The fourth-order valence-electron chi connectivity index (χ4n) is 1.83. The lowest BCUT2D eigenvalue weighted by Crippen LogP contribution is -2.29. The van der Waals surface area contributed by atoms with Gasteiger partial charge in [-0.05, 0) is 18.6 Å². The molecule has 2 heterocycles. The van der Waals surface area contributed by atoms with Crippen molar-refractivity contribution in [2.45, 2.75) is 13.0 Å². The molecule has 6 nitrogen and oxygen atoms in total. The first-order valence-corrected chi connectivity index (χ1v) is 5.69. The Morgan fingerprint density at radius 2 is 2.29 bits per heavy atom. The number of carbonyl (C=O) groups is 1. The maximum Gasteiger partial charge on any atom is 0.300 e. The van der Waals surface area contributed by atoms with Crippen molar-refractivity contribution in [1.29, 1.82) is 0 Å². The number of ether oxygens (including phenoxy) is 1. The number of carbonyl (C=O) groups excluding carboxylic acids is 1. The quantitative estimate of drug-likeness (QED) is 0.444. The molecular formula is C11H17N3O3. The Morgan fingerprint density at radius 1 is 1.41 bits per heavy atom. The van der Waals surface area contributed by atoms with E-state index in [1.54, 1.807) is 12.1 Å². The summed E-state index contributed by atoms with van der Waals surface area (Å²) in [5.74, 6) is 5.64. The molecule has 0 saturated carbocycles. The largest absolute Gasteiger partial charge is 0.455 e. The van der Waals surface area contributed by atoms with E-state index in [4.69, 9.17) is 15.0 Å². The minimum Gasteiger partial charge on any atom is -0.455 e. The highest BCUT2D eigenvalue weighted by atomic mass is 16.5. The van der Waals surface area contributed by atoms with Gasteiger partial charge in [0.2, 0.25) is 0 Å². The molecule has 0 aromatic carbocycles. The SMILES string of the molecule is NNC(=O)c1ccc(CN2CCCOCC2)o1. The third-order valence-corrected chi connectivity index (χ3v) is 2.71. The van der Waals surface area contributed by atoms with Crippen LogP contribution in [0, 0.1) is 0 Å². The molecule has 1 aliphatic rings. The molecule has 94 valence electrons. The van der Waals surface area contributed by atoms with Crippen molar-refractivity contribution < 1.29 is 13.9 Å². The van der Waals surface area contributed by atoms with Gasteiger partial charge in [0.15, 0.2) is 5.76 Å². The van der Waals surface area contributed by atoms with Gasteiger partial charge in [-0.2, -0.15) is 0 Å². The van der Waals surface area contributed by atoms with Gasteiger partial charge in [0.1, 0.15) is 5.76 Å². The van der Waals surface area contributed by atoms with E-state index >= 15 is 0 Å². The predicted octanol–water partition coefficient (Wildman–Crippen LogP) is 0.105. The number of nitrogens with one attached hydrogen (secondary N) is 1. The van der Waals surface area contributed by atoms with Crippen LogP contribution in [-0.4, -0.2) is 37.1 Å². The predicted molar refractivity (Wildman–Crippen MR) is 61.1 cm³/mol. The average molecular weight is 239 g/mol. The maximum atomic E-state index is 11.2. The Bertz CT molecular complexity index is 370. The molecular weight excluding hydrogens is 222 g/mol. The van der Waals surface area contributed by atoms with Gasteiger partial charge in [0, 0.05) is 19.7 Å². The van der Waals surface area contributed by atoms with Gasteiger partial charge in [-0.15, -0.1) is 0 Å². The Morgan fingerprint density at radius 3 is 3.12 bits per heavy atom. The Hall–Kier alpha value is -1.37. The van der Waals surface area contributed by atoms with Crippen molar-refractivity contribution >= 4 is 5.91 Å². The van der Waals surface area contributed by atoms with Crippen LogP contribution in [0.4, 0.5) is 0 Å². The first kappa shape index (κ1) is 12.1. The van der Waals surface area contributed by atoms with E-state index < -0.39 is 5.91 Å². The van der Waals surface area contributed by atoms with E-state index in [2.05, 4.69) is 4.90 Å². The van der Waals surface area contributed by atoms with Crippen LogP contribution in [0.1, 0.15) is 22.7 Å². The molecule has 3 N–H and O–H groups in total. The highest BCUT2D eigenvalue weighted by Gasteiger charge is 2.14. The van der Waals surface area contributed by atoms with Gasteiger partial charge < -0.3 is 9.15 Å². The molecule has 17 heavy (non-hydrogen) atoms. The summed E-state index contributed by atoms with van der Waals surface area (Å²) in [6.45, 7) is 4.13. The lowest BCUT2D eigenvalue weighted by molar-refractivity contribution is 0.0921.